The Morgan fingerprint density at radius 3 is 2.35 bits per heavy atom. The molecule has 138 valence electrons. The van der Waals surface area contributed by atoms with Crippen molar-refractivity contribution in [2.45, 2.75) is 32.8 Å². The van der Waals surface area contributed by atoms with Crippen LogP contribution in [0.15, 0.2) is 42.5 Å². The maximum absolute atomic E-state index is 12.5. The Kier molecular flexibility index (Phi) is 5.66. The van der Waals surface area contributed by atoms with Crippen molar-refractivity contribution in [1.29, 1.82) is 0 Å². The lowest BCUT2D eigenvalue weighted by Gasteiger charge is -2.20. The molecule has 1 amide bonds. The fraction of sp³-hybridized carbons (Fsp3) is 0.381. The number of methoxy groups -OCH3 is 1. The molecular formula is C21H26N2O3. The highest BCUT2D eigenvalue weighted by molar-refractivity contribution is 5.95. The van der Waals surface area contributed by atoms with Gasteiger partial charge in [-0.25, -0.2) is 0 Å². The van der Waals surface area contributed by atoms with E-state index in [1.54, 1.807) is 38.3 Å². The van der Waals surface area contributed by atoms with Crippen LogP contribution in [0.3, 0.4) is 0 Å². The molecule has 1 fully saturated rings. The summed E-state index contributed by atoms with van der Waals surface area (Å²) in [4.78, 5) is 14.8. The maximum atomic E-state index is 12.5. The second-order valence-electron chi connectivity index (χ2n) is 6.62. The van der Waals surface area contributed by atoms with Gasteiger partial charge in [0, 0.05) is 24.5 Å². The highest BCUT2D eigenvalue weighted by atomic mass is 16.5. The smallest absolute Gasteiger partial charge is 0.265 e. The molecule has 2 aromatic carbocycles. The van der Waals surface area contributed by atoms with Crippen molar-refractivity contribution >= 4 is 17.3 Å². The van der Waals surface area contributed by atoms with E-state index in [0.717, 1.165) is 30.1 Å². The van der Waals surface area contributed by atoms with Crippen LogP contribution in [0, 0.1) is 6.92 Å². The van der Waals surface area contributed by atoms with Crippen molar-refractivity contribution in [2.24, 2.45) is 0 Å². The van der Waals surface area contributed by atoms with Crippen molar-refractivity contribution in [1.82, 2.24) is 0 Å². The molecule has 26 heavy (non-hydrogen) atoms. The van der Waals surface area contributed by atoms with Gasteiger partial charge in [-0.1, -0.05) is 0 Å². The molecule has 1 N–H and O–H groups in total. The fourth-order valence-corrected chi connectivity index (χ4v) is 3.11. The molecule has 0 radical (unpaired) electrons. The molecule has 5 heteroatoms. The number of anilines is 2. The maximum Gasteiger partial charge on any atom is 0.265 e. The number of carbonyl (C=O) groups is 1. The lowest BCUT2D eigenvalue weighted by molar-refractivity contribution is -0.122. The summed E-state index contributed by atoms with van der Waals surface area (Å²) < 4.78 is 10.8. The minimum Gasteiger partial charge on any atom is -0.497 e. The zero-order valence-electron chi connectivity index (χ0n) is 15.6. The minimum atomic E-state index is -0.596. The summed E-state index contributed by atoms with van der Waals surface area (Å²) in [6.45, 7) is 5.98. The van der Waals surface area contributed by atoms with Gasteiger partial charge in [-0.2, -0.15) is 0 Å². The molecule has 2 aromatic rings. The van der Waals surface area contributed by atoms with Crippen LogP contribution in [0.25, 0.3) is 0 Å². The number of nitrogens with zero attached hydrogens (tertiary/aromatic N) is 1. The number of benzene rings is 2. The topological polar surface area (TPSA) is 50.8 Å². The van der Waals surface area contributed by atoms with Crippen molar-refractivity contribution in [2.75, 3.05) is 30.4 Å². The van der Waals surface area contributed by atoms with Crippen LogP contribution in [0.2, 0.25) is 0 Å². The van der Waals surface area contributed by atoms with E-state index in [4.69, 9.17) is 9.47 Å². The Morgan fingerprint density at radius 1 is 1.08 bits per heavy atom. The number of hydrogen-bond acceptors (Lipinski definition) is 4. The normalized spacial score (nSPS) is 14.8. The molecule has 1 saturated heterocycles. The van der Waals surface area contributed by atoms with Crippen molar-refractivity contribution in [3.8, 4) is 11.5 Å². The summed E-state index contributed by atoms with van der Waals surface area (Å²) in [6, 6.07) is 13.4. The van der Waals surface area contributed by atoms with Crippen molar-refractivity contribution in [3.05, 3.63) is 48.0 Å². The number of aryl methyl sites for hydroxylation is 1. The van der Waals surface area contributed by atoms with Gasteiger partial charge in [0.05, 0.1) is 7.11 Å². The highest BCUT2D eigenvalue weighted by Gasteiger charge is 2.17. The standard InChI is InChI=1S/C21H26N2O3/c1-15-14-17(23-12-4-5-13-23)6-11-20(15)22-21(24)16(2)26-19-9-7-18(25-3)8-10-19/h6-11,14,16H,4-5,12-13H2,1-3H3,(H,22,24). The molecule has 1 aliphatic heterocycles. The number of amides is 1. The second-order valence-corrected chi connectivity index (χ2v) is 6.62. The Hall–Kier alpha value is -2.69. The molecule has 0 bridgehead atoms. The molecule has 1 atom stereocenters. The first-order valence-corrected chi connectivity index (χ1v) is 9.04. The van der Waals surface area contributed by atoms with Crippen molar-refractivity contribution < 1.29 is 14.3 Å². The summed E-state index contributed by atoms with van der Waals surface area (Å²) in [5.74, 6) is 1.22. The van der Waals surface area contributed by atoms with Gasteiger partial charge in [0.15, 0.2) is 6.10 Å². The van der Waals surface area contributed by atoms with E-state index in [-0.39, 0.29) is 5.91 Å². The average Bonchev–Trinajstić information content (AvgIpc) is 3.18. The summed E-state index contributed by atoms with van der Waals surface area (Å²) in [5, 5.41) is 2.96. The van der Waals surface area contributed by atoms with Crippen LogP contribution >= 0.6 is 0 Å². The van der Waals surface area contributed by atoms with Gasteiger partial charge in [0.1, 0.15) is 11.5 Å². The quantitative estimate of drug-likeness (QED) is 0.852. The second kappa shape index (κ2) is 8.13. The van der Waals surface area contributed by atoms with Gasteiger partial charge < -0.3 is 19.7 Å². The number of ether oxygens (including phenoxy) is 2. The van der Waals surface area contributed by atoms with Crippen molar-refractivity contribution in [3.63, 3.8) is 0 Å². The third kappa shape index (κ3) is 4.28. The van der Waals surface area contributed by atoms with E-state index in [1.165, 1.54) is 18.5 Å². The molecule has 0 spiro atoms. The summed E-state index contributed by atoms with van der Waals surface area (Å²) in [5.41, 5.74) is 3.10. The predicted octanol–water partition coefficient (Wildman–Crippen LogP) is 4.01. The Labute approximate surface area is 154 Å². The number of rotatable bonds is 6. The van der Waals surface area contributed by atoms with E-state index in [9.17, 15) is 4.79 Å². The molecule has 1 unspecified atom stereocenters. The zero-order chi connectivity index (χ0) is 18.5. The van der Waals surface area contributed by atoms with Crippen LogP contribution in [0.4, 0.5) is 11.4 Å². The number of carbonyl (C=O) groups excluding carboxylic acids is 1. The van der Waals surface area contributed by atoms with Crippen LogP contribution in [0.1, 0.15) is 25.3 Å². The van der Waals surface area contributed by atoms with Crippen LogP contribution < -0.4 is 19.7 Å². The third-order valence-electron chi connectivity index (χ3n) is 4.68. The molecule has 5 nitrogen and oxygen atoms in total. The monoisotopic (exact) mass is 354 g/mol. The molecule has 1 heterocycles. The van der Waals surface area contributed by atoms with Crippen LogP contribution in [-0.4, -0.2) is 32.2 Å². The SMILES string of the molecule is COc1ccc(OC(C)C(=O)Nc2ccc(N3CCCC3)cc2C)cc1. The summed E-state index contributed by atoms with van der Waals surface area (Å²) in [7, 11) is 1.61. The van der Waals surface area contributed by atoms with Gasteiger partial charge in [0.25, 0.3) is 5.91 Å². The van der Waals surface area contributed by atoms with E-state index in [2.05, 4.69) is 22.3 Å². The van der Waals surface area contributed by atoms with Gasteiger partial charge in [-0.3, -0.25) is 4.79 Å². The van der Waals surface area contributed by atoms with Crippen LogP contribution in [0.5, 0.6) is 11.5 Å². The van der Waals surface area contributed by atoms with Gasteiger partial charge in [-0.05, 0) is 74.7 Å². The largest absolute Gasteiger partial charge is 0.497 e. The molecule has 0 aromatic heterocycles. The van der Waals surface area contributed by atoms with E-state index in [0.29, 0.717) is 5.75 Å². The minimum absolute atomic E-state index is 0.169. The first kappa shape index (κ1) is 18.1. The Bertz CT molecular complexity index is 752. The molecule has 3 rings (SSSR count). The molecule has 0 aliphatic carbocycles. The Morgan fingerprint density at radius 2 is 1.73 bits per heavy atom. The lowest BCUT2D eigenvalue weighted by Crippen LogP contribution is -2.30. The zero-order valence-corrected chi connectivity index (χ0v) is 15.6. The van der Waals surface area contributed by atoms with E-state index >= 15 is 0 Å². The fourth-order valence-electron chi connectivity index (χ4n) is 3.11. The van der Waals surface area contributed by atoms with Crippen LogP contribution in [-0.2, 0) is 4.79 Å². The van der Waals surface area contributed by atoms with Gasteiger partial charge in [-0.15, -0.1) is 0 Å². The predicted molar refractivity (Wildman–Crippen MR) is 104 cm³/mol. The first-order valence-electron chi connectivity index (χ1n) is 9.04. The first-order chi connectivity index (χ1) is 12.6. The summed E-state index contributed by atoms with van der Waals surface area (Å²) in [6.07, 6.45) is 1.90. The molecule has 0 saturated carbocycles. The van der Waals surface area contributed by atoms with E-state index in [1.807, 2.05) is 13.0 Å². The van der Waals surface area contributed by atoms with Gasteiger partial charge >= 0.3 is 0 Å². The van der Waals surface area contributed by atoms with Gasteiger partial charge in [0.2, 0.25) is 0 Å². The highest BCUT2D eigenvalue weighted by Crippen LogP contribution is 2.26. The summed E-state index contributed by atoms with van der Waals surface area (Å²) >= 11 is 0. The Balaban J connectivity index is 1.61. The third-order valence-corrected chi connectivity index (χ3v) is 4.68. The average molecular weight is 354 g/mol. The molecule has 1 aliphatic rings. The molecular weight excluding hydrogens is 328 g/mol. The lowest BCUT2D eigenvalue weighted by atomic mass is 10.1. The number of hydrogen-bond donors (Lipinski definition) is 1. The van der Waals surface area contributed by atoms with E-state index < -0.39 is 6.10 Å². The number of nitrogens with one attached hydrogen (secondary N) is 1.